The molecule has 1 saturated heterocycles. The number of halogens is 3. The Kier molecular flexibility index (Phi) is 5.11. The Balaban J connectivity index is 1.61. The van der Waals surface area contributed by atoms with Crippen LogP contribution in [0.4, 0.5) is 14.9 Å². The van der Waals surface area contributed by atoms with Gasteiger partial charge in [0, 0.05) is 10.7 Å². The van der Waals surface area contributed by atoms with Crippen LogP contribution >= 0.6 is 23.2 Å². The second-order valence-corrected chi connectivity index (χ2v) is 6.27. The summed E-state index contributed by atoms with van der Waals surface area (Å²) in [6.45, 7) is 0.360. The zero-order valence-corrected chi connectivity index (χ0v) is 14.4. The predicted octanol–water partition coefficient (Wildman–Crippen LogP) is 3.89. The van der Waals surface area contributed by atoms with Gasteiger partial charge in [0.15, 0.2) is 0 Å². The summed E-state index contributed by atoms with van der Waals surface area (Å²) in [6, 6.07) is 10.1. The van der Waals surface area contributed by atoms with Crippen molar-refractivity contribution in [2.75, 3.05) is 18.0 Å². The van der Waals surface area contributed by atoms with Crippen molar-refractivity contribution in [3.8, 4) is 0 Å². The van der Waals surface area contributed by atoms with E-state index in [1.54, 1.807) is 6.07 Å². The van der Waals surface area contributed by atoms with Crippen LogP contribution in [-0.4, -0.2) is 31.2 Å². The Bertz CT molecular complexity index is 814. The Labute approximate surface area is 153 Å². The lowest BCUT2D eigenvalue weighted by molar-refractivity contribution is 0.0916. The smallest absolute Gasteiger partial charge is 0.414 e. The van der Waals surface area contributed by atoms with Crippen LogP contribution in [0.2, 0.25) is 10.0 Å². The fourth-order valence-corrected chi connectivity index (χ4v) is 2.81. The molecule has 3 rings (SSSR count). The Morgan fingerprint density at radius 3 is 2.68 bits per heavy atom. The van der Waals surface area contributed by atoms with Crippen LogP contribution in [0.5, 0.6) is 0 Å². The molecular weight excluding hydrogens is 370 g/mol. The second kappa shape index (κ2) is 7.29. The predicted molar refractivity (Wildman–Crippen MR) is 92.8 cm³/mol. The van der Waals surface area contributed by atoms with Crippen molar-refractivity contribution in [3.05, 3.63) is 63.9 Å². The van der Waals surface area contributed by atoms with Gasteiger partial charge in [-0.1, -0.05) is 23.2 Å². The summed E-state index contributed by atoms with van der Waals surface area (Å²) in [4.78, 5) is 25.5. The van der Waals surface area contributed by atoms with Crippen molar-refractivity contribution in [2.24, 2.45) is 0 Å². The van der Waals surface area contributed by atoms with Crippen molar-refractivity contribution < 1.29 is 18.7 Å². The third-order valence-electron chi connectivity index (χ3n) is 3.68. The van der Waals surface area contributed by atoms with Gasteiger partial charge in [-0.3, -0.25) is 9.69 Å². The highest BCUT2D eigenvalue weighted by atomic mass is 35.5. The lowest BCUT2D eigenvalue weighted by atomic mass is 10.2. The van der Waals surface area contributed by atoms with Crippen molar-refractivity contribution in [3.63, 3.8) is 0 Å². The molecule has 0 radical (unpaired) electrons. The molecule has 1 heterocycles. The monoisotopic (exact) mass is 382 g/mol. The first-order chi connectivity index (χ1) is 11.9. The minimum Gasteiger partial charge on any atom is -0.442 e. The highest BCUT2D eigenvalue weighted by Gasteiger charge is 2.32. The molecule has 130 valence electrons. The minimum absolute atomic E-state index is 0.116. The van der Waals surface area contributed by atoms with Crippen LogP contribution in [0.25, 0.3) is 0 Å². The molecule has 1 N–H and O–H groups in total. The van der Waals surface area contributed by atoms with E-state index in [0.717, 1.165) is 0 Å². The second-order valence-electron chi connectivity index (χ2n) is 5.43. The summed E-state index contributed by atoms with van der Waals surface area (Å²) in [7, 11) is 0. The molecule has 2 amide bonds. The number of amides is 2. The van der Waals surface area contributed by atoms with Gasteiger partial charge < -0.3 is 10.1 Å². The molecule has 1 fully saturated rings. The number of ether oxygens (including phenoxy) is 1. The Morgan fingerprint density at radius 2 is 1.96 bits per heavy atom. The average Bonchev–Trinajstić information content (AvgIpc) is 2.96. The molecule has 0 saturated carbocycles. The number of nitrogens with one attached hydrogen (secondary N) is 1. The zero-order chi connectivity index (χ0) is 18.0. The van der Waals surface area contributed by atoms with Crippen LogP contribution in [0.1, 0.15) is 10.4 Å². The van der Waals surface area contributed by atoms with E-state index in [-0.39, 0.29) is 23.7 Å². The number of cyclic esters (lactones) is 1. The molecule has 0 spiro atoms. The van der Waals surface area contributed by atoms with E-state index >= 15 is 0 Å². The van der Waals surface area contributed by atoms with E-state index in [0.29, 0.717) is 10.7 Å². The molecule has 0 aliphatic carbocycles. The number of hydrogen-bond acceptors (Lipinski definition) is 3. The fraction of sp³-hybridized carbons (Fsp3) is 0.176. The molecule has 0 aromatic heterocycles. The van der Waals surface area contributed by atoms with Crippen molar-refractivity contribution in [1.82, 2.24) is 5.32 Å². The first kappa shape index (κ1) is 17.5. The lowest BCUT2D eigenvalue weighted by Gasteiger charge is -2.13. The quantitative estimate of drug-likeness (QED) is 0.872. The number of hydrogen-bond donors (Lipinski definition) is 1. The van der Waals surface area contributed by atoms with Crippen molar-refractivity contribution in [1.29, 1.82) is 0 Å². The highest BCUT2D eigenvalue weighted by Crippen LogP contribution is 2.23. The van der Waals surface area contributed by atoms with Gasteiger partial charge in [-0.25, -0.2) is 9.18 Å². The largest absolute Gasteiger partial charge is 0.442 e. The molecule has 25 heavy (non-hydrogen) atoms. The molecule has 1 aliphatic rings. The normalized spacial score (nSPS) is 16.7. The number of benzene rings is 2. The summed E-state index contributed by atoms with van der Waals surface area (Å²) in [5.41, 5.74) is 0.770. The van der Waals surface area contributed by atoms with Crippen molar-refractivity contribution >= 4 is 40.9 Å². The zero-order valence-electron chi connectivity index (χ0n) is 12.8. The van der Waals surface area contributed by atoms with E-state index in [2.05, 4.69) is 5.32 Å². The summed E-state index contributed by atoms with van der Waals surface area (Å²) in [5, 5.41) is 3.33. The number of nitrogens with zero attached hydrogens (tertiary/aromatic N) is 1. The maximum absolute atomic E-state index is 13.0. The van der Waals surface area contributed by atoms with Gasteiger partial charge in [-0.2, -0.15) is 0 Å². The number of carbonyl (C=O) groups excluding carboxylic acids is 2. The van der Waals surface area contributed by atoms with E-state index in [1.165, 1.54) is 41.3 Å². The molecule has 1 atom stereocenters. The third kappa shape index (κ3) is 4.03. The van der Waals surface area contributed by atoms with E-state index in [4.69, 9.17) is 27.9 Å². The van der Waals surface area contributed by atoms with Crippen molar-refractivity contribution in [2.45, 2.75) is 6.10 Å². The van der Waals surface area contributed by atoms with E-state index in [1.807, 2.05) is 0 Å². The van der Waals surface area contributed by atoms with Gasteiger partial charge in [-0.05, 0) is 42.5 Å². The maximum Gasteiger partial charge on any atom is 0.414 e. The van der Waals surface area contributed by atoms with E-state index in [9.17, 15) is 14.0 Å². The summed E-state index contributed by atoms with van der Waals surface area (Å²) >= 11 is 11.8. The molecule has 0 bridgehead atoms. The van der Waals surface area contributed by atoms with Gasteiger partial charge in [-0.15, -0.1) is 0 Å². The minimum atomic E-state index is -0.549. The van der Waals surface area contributed by atoms with Crippen LogP contribution < -0.4 is 10.2 Å². The maximum atomic E-state index is 13.0. The highest BCUT2D eigenvalue weighted by molar-refractivity contribution is 6.35. The number of rotatable bonds is 4. The number of anilines is 1. The van der Waals surface area contributed by atoms with Gasteiger partial charge in [0.25, 0.3) is 5.91 Å². The SMILES string of the molecule is O=C(NCC1CN(c2ccc(F)cc2)C(=O)O1)c1cc(Cl)ccc1Cl. The Morgan fingerprint density at radius 1 is 1.24 bits per heavy atom. The molecule has 1 unspecified atom stereocenters. The Hall–Kier alpha value is -2.31. The first-order valence-electron chi connectivity index (χ1n) is 7.41. The molecule has 1 aliphatic heterocycles. The van der Waals surface area contributed by atoms with Gasteiger partial charge in [0.05, 0.1) is 23.7 Å². The topological polar surface area (TPSA) is 58.6 Å². The molecule has 2 aromatic rings. The van der Waals surface area contributed by atoms with Crippen LogP contribution in [0.3, 0.4) is 0 Å². The van der Waals surface area contributed by atoms with Gasteiger partial charge in [0.2, 0.25) is 0 Å². The van der Waals surface area contributed by atoms with Crippen LogP contribution in [-0.2, 0) is 4.74 Å². The molecular formula is C17H13Cl2FN2O3. The molecule has 2 aromatic carbocycles. The standard InChI is InChI=1S/C17H13Cl2FN2O3/c18-10-1-6-15(19)14(7-10)16(23)21-8-13-9-22(17(24)25-13)12-4-2-11(20)3-5-12/h1-7,13H,8-9H2,(H,21,23). The number of carbonyl (C=O) groups is 2. The lowest BCUT2D eigenvalue weighted by Crippen LogP contribution is -2.34. The fourth-order valence-electron chi connectivity index (χ4n) is 2.43. The van der Waals surface area contributed by atoms with Gasteiger partial charge in [0.1, 0.15) is 11.9 Å². The summed E-state index contributed by atoms with van der Waals surface area (Å²) in [5.74, 6) is -0.803. The average molecular weight is 383 g/mol. The third-order valence-corrected chi connectivity index (χ3v) is 4.24. The summed E-state index contributed by atoms with van der Waals surface area (Å²) in [6.07, 6.45) is -1.08. The van der Waals surface area contributed by atoms with E-state index < -0.39 is 23.9 Å². The molecule has 5 nitrogen and oxygen atoms in total. The summed E-state index contributed by atoms with van der Waals surface area (Å²) < 4.78 is 18.2. The van der Waals surface area contributed by atoms with Crippen LogP contribution in [0.15, 0.2) is 42.5 Å². The van der Waals surface area contributed by atoms with Crippen LogP contribution in [0, 0.1) is 5.82 Å². The van der Waals surface area contributed by atoms with Gasteiger partial charge >= 0.3 is 6.09 Å². The first-order valence-corrected chi connectivity index (χ1v) is 8.16. The molecule has 8 heteroatoms.